The maximum Gasteiger partial charge on any atom is 0.243 e. The van der Waals surface area contributed by atoms with Gasteiger partial charge in [0.15, 0.2) is 11.6 Å². The molecule has 0 N–H and O–H groups in total. The minimum atomic E-state index is -3.93. The second kappa shape index (κ2) is 9.10. The number of carbonyl (C=O) groups is 2. The predicted molar refractivity (Wildman–Crippen MR) is 130 cm³/mol. The number of carbonyl (C=O) groups excluding carboxylic acids is 2. The summed E-state index contributed by atoms with van der Waals surface area (Å²) >= 11 is 0. The summed E-state index contributed by atoms with van der Waals surface area (Å²) in [6, 6.07) is 21.1. The lowest BCUT2D eigenvalue weighted by Crippen LogP contribution is -2.48. The van der Waals surface area contributed by atoms with Gasteiger partial charge in [-0.05, 0) is 11.6 Å². The van der Waals surface area contributed by atoms with Crippen LogP contribution in [0.3, 0.4) is 0 Å². The molecule has 1 heterocycles. The minimum Gasteiger partial charge on any atom is -0.297 e. The third-order valence-electron chi connectivity index (χ3n) is 6.34. The summed E-state index contributed by atoms with van der Waals surface area (Å²) in [5.41, 5.74) is 1.82. The first-order valence-electron chi connectivity index (χ1n) is 11.2. The van der Waals surface area contributed by atoms with Crippen LogP contribution < -0.4 is 0 Å². The van der Waals surface area contributed by atoms with E-state index in [0.717, 1.165) is 12.1 Å². The van der Waals surface area contributed by atoms with Gasteiger partial charge in [0.2, 0.25) is 10.0 Å². The molecule has 3 aromatic rings. The fourth-order valence-electron chi connectivity index (χ4n) is 4.52. The van der Waals surface area contributed by atoms with E-state index in [1.807, 2.05) is 30.3 Å². The van der Waals surface area contributed by atoms with Gasteiger partial charge in [0.1, 0.15) is 0 Å². The van der Waals surface area contributed by atoms with Crippen molar-refractivity contribution in [3.05, 3.63) is 107 Å². The lowest BCUT2D eigenvalue weighted by Gasteiger charge is -2.34. The normalized spacial score (nSPS) is 17.1. The van der Waals surface area contributed by atoms with Gasteiger partial charge in [0, 0.05) is 49.4 Å². The molecular formula is C27H24N2O4S. The van der Waals surface area contributed by atoms with Crippen LogP contribution in [0.25, 0.3) is 6.08 Å². The van der Waals surface area contributed by atoms with Gasteiger partial charge in [-0.25, -0.2) is 8.42 Å². The summed E-state index contributed by atoms with van der Waals surface area (Å²) in [6.45, 7) is 2.55. The van der Waals surface area contributed by atoms with Gasteiger partial charge in [0.05, 0.1) is 10.5 Å². The van der Waals surface area contributed by atoms with E-state index in [1.165, 1.54) is 22.5 Å². The van der Waals surface area contributed by atoms with Gasteiger partial charge in [0.25, 0.3) is 0 Å². The van der Waals surface area contributed by atoms with E-state index in [4.69, 9.17) is 0 Å². The Hall–Kier alpha value is -3.39. The zero-order valence-corrected chi connectivity index (χ0v) is 19.4. The van der Waals surface area contributed by atoms with Gasteiger partial charge >= 0.3 is 0 Å². The van der Waals surface area contributed by atoms with Crippen LogP contribution in [0.5, 0.6) is 0 Å². The molecule has 5 rings (SSSR count). The van der Waals surface area contributed by atoms with Crippen molar-refractivity contribution < 1.29 is 18.0 Å². The van der Waals surface area contributed by atoms with Crippen LogP contribution in [0.1, 0.15) is 37.4 Å². The predicted octanol–water partition coefficient (Wildman–Crippen LogP) is 3.48. The number of nitrogens with zero attached hydrogens (tertiary/aromatic N) is 2. The number of hydrogen-bond donors (Lipinski definition) is 0. The van der Waals surface area contributed by atoms with Crippen LogP contribution >= 0.6 is 0 Å². The Morgan fingerprint density at radius 1 is 0.706 bits per heavy atom. The molecule has 0 aromatic heterocycles. The zero-order valence-electron chi connectivity index (χ0n) is 18.6. The standard InChI is InChI=1S/C27H24N2O4S/c30-26-21-11-4-5-12-22(21)27(31)25-23(26)13-6-14-24(25)34(32,33)29-18-16-28(17-19-29)15-7-10-20-8-2-1-3-9-20/h1-14H,15-19H2. The highest BCUT2D eigenvalue weighted by atomic mass is 32.2. The molecule has 3 aromatic carbocycles. The lowest BCUT2D eigenvalue weighted by molar-refractivity contribution is 0.0976. The Morgan fingerprint density at radius 2 is 1.32 bits per heavy atom. The van der Waals surface area contributed by atoms with Crippen LogP contribution in [0.2, 0.25) is 0 Å². The van der Waals surface area contributed by atoms with Crippen molar-refractivity contribution in [3.8, 4) is 0 Å². The van der Waals surface area contributed by atoms with Crippen LogP contribution in [0.4, 0.5) is 0 Å². The first-order valence-corrected chi connectivity index (χ1v) is 12.7. The van der Waals surface area contributed by atoms with Crippen LogP contribution in [-0.4, -0.2) is 61.9 Å². The highest BCUT2D eigenvalue weighted by molar-refractivity contribution is 7.89. The maximum atomic E-state index is 13.6. The van der Waals surface area contributed by atoms with Crippen LogP contribution in [0.15, 0.2) is 83.8 Å². The second-order valence-corrected chi connectivity index (χ2v) is 10.3. The number of sulfonamides is 1. The molecule has 172 valence electrons. The summed E-state index contributed by atoms with van der Waals surface area (Å²) in [7, 11) is -3.93. The van der Waals surface area contributed by atoms with Crippen molar-refractivity contribution in [1.82, 2.24) is 9.21 Å². The van der Waals surface area contributed by atoms with E-state index in [-0.39, 0.29) is 27.4 Å². The maximum absolute atomic E-state index is 13.6. The Morgan fingerprint density at radius 3 is 2.03 bits per heavy atom. The summed E-state index contributed by atoms with van der Waals surface area (Å²) in [5.74, 6) is -0.744. The van der Waals surface area contributed by atoms with Crippen molar-refractivity contribution in [1.29, 1.82) is 0 Å². The monoisotopic (exact) mass is 472 g/mol. The number of rotatable bonds is 5. The van der Waals surface area contributed by atoms with Crippen LogP contribution in [0, 0.1) is 0 Å². The molecule has 0 atom stereocenters. The largest absolute Gasteiger partial charge is 0.297 e. The number of piperazine rings is 1. The van der Waals surface area contributed by atoms with Gasteiger partial charge in [-0.1, -0.05) is 78.9 Å². The number of ketones is 2. The summed E-state index contributed by atoms with van der Waals surface area (Å²) in [5, 5.41) is 0. The quantitative estimate of drug-likeness (QED) is 0.445. The molecule has 1 saturated heterocycles. The van der Waals surface area contributed by atoms with Crippen molar-refractivity contribution in [2.45, 2.75) is 4.90 Å². The second-order valence-electron chi connectivity index (χ2n) is 8.40. The summed E-state index contributed by atoms with van der Waals surface area (Å²) in [6.07, 6.45) is 4.13. The molecule has 1 aliphatic carbocycles. The van der Waals surface area contributed by atoms with Crippen molar-refractivity contribution in [2.24, 2.45) is 0 Å². The molecule has 34 heavy (non-hydrogen) atoms. The van der Waals surface area contributed by atoms with E-state index in [9.17, 15) is 18.0 Å². The van der Waals surface area contributed by atoms with E-state index in [2.05, 4.69) is 17.1 Å². The summed E-state index contributed by atoms with van der Waals surface area (Å²) in [4.78, 5) is 28.3. The lowest BCUT2D eigenvalue weighted by atomic mass is 9.84. The first-order chi connectivity index (χ1) is 16.5. The SMILES string of the molecule is O=C1c2ccccc2C(=O)c2c1cccc2S(=O)(=O)N1CCN(CC=Cc2ccccc2)CC1. The average Bonchev–Trinajstić information content (AvgIpc) is 2.88. The molecule has 2 aliphatic rings. The molecule has 0 bridgehead atoms. The fourth-order valence-corrected chi connectivity index (χ4v) is 6.16. The molecule has 7 heteroatoms. The molecule has 0 saturated carbocycles. The van der Waals surface area contributed by atoms with Crippen molar-refractivity contribution in [3.63, 3.8) is 0 Å². The fraction of sp³-hybridized carbons (Fsp3) is 0.185. The molecule has 1 fully saturated rings. The Bertz CT molecular complexity index is 1390. The van der Waals surface area contributed by atoms with E-state index in [0.29, 0.717) is 31.7 Å². The van der Waals surface area contributed by atoms with Gasteiger partial charge < -0.3 is 0 Å². The Kier molecular flexibility index (Phi) is 6.00. The minimum absolute atomic E-state index is 0.0144. The molecule has 1 aliphatic heterocycles. The third kappa shape index (κ3) is 4.03. The van der Waals surface area contributed by atoms with Crippen LogP contribution in [-0.2, 0) is 10.0 Å². The smallest absolute Gasteiger partial charge is 0.243 e. The Balaban J connectivity index is 1.34. The van der Waals surface area contributed by atoms with E-state index in [1.54, 1.807) is 24.3 Å². The molecule has 0 unspecified atom stereocenters. The van der Waals surface area contributed by atoms with Gasteiger partial charge in [-0.3, -0.25) is 14.5 Å². The Labute approximate surface area is 199 Å². The zero-order chi connectivity index (χ0) is 23.7. The average molecular weight is 473 g/mol. The highest BCUT2D eigenvalue weighted by Gasteiger charge is 2.37. The molecular weight excluding hydrogens is 448 g/mol. The number of hydrogen-bond acceptors (Lipinski definition) is 5. The van der Waals surface area contributed by atoms with Gasteiger partial charge in [-0.2, -0.15) is 4.31 Å². The third-order valence-corrected chi connectivity index (χ3v) is 8.28. The first kappa shape index (κ1) is 22.4. The molecule has 0 radical (unpaired) electrons. The van der Waals surface area contributed by atoms with E-state index < -0.39 is 15.8 Å². The molecule has 6 nitrogen and oxygen atoms in total. The van der Waals surface area contributed by atoms with E-state index >= 15 is 0 Å². The number of fused-ring (bicyclic) bond motifs is 2. The topological polar surface area (TPSA) is 74.8 Å². The molecule has 0 amide bonds. The highest BCUT2D eigenvalue weighted by Crippen LogP contribution is 2.33. The summed E-state index contributed by atoms with van der Waals surface area (Å²) < 4.78 is 28.5. The van der Waals surface area contributed by atoms with Crippen molar-refractivity contribution in [2.75, 3.05) is 32.7 Å². The number of benzene rings is 3. The molecule has 0 spiro atoms. The van der Waals surface area contributed by atoms with Gasteiger partial charge in [-0.15, -0.1) is 0 Å². The van der Waals surface area contributed by atoms with Crippen molar-refractivity contribution >= 4 is 27.7 Å².